The Kier molecular flexibility index (Phi) is 4.98. The van der Waals surface area contributed by atoms with Crippen LogP contribution in [0.3, 0.4) is 0 Å². The molecule has 7 heteroatoms. The second kappa shape index (κ2) is 7.58. The maximum absolute atomic E-state index is 12.5. The lowest BCUT2D eigenvalue weighted by Crippen LogP contribution is -2.31. The molecule has 4 rings (SSSR count). The molecule has 2 aromatic carbocycles. The van der Waals surface area contributed by atoms with Crippen molar-refractivity contribution < 1.29 is 4.79 Å². The predicted octanol–water partition coefficient (Wildman–Crippen LogP) is 3.72. The SMILES string of the molecule is CN(C)CCNC(=O)c1cccc2cc(-c3nc4ccc(Cl)cc4[nH]3)cnc12. The summed E-state index contributed by atoms with van der Waals surface area (Å²) < 4.78 is 0. The lowest BCUT2D eigenvalue weighted by molar-refractivity contribution is 0.0952. The van der Waals surface area contributed by atoms with E-state index in [1.807, 2.05) is 55.4 Å². The summed E-state index contributed by atoms with van der Waals surface area (Å²) in [6, 6.07) is 13.1. The number of amides is 1. The topological polar surface area (TPSA) is 73.9 Å². The fraction of sp³-hybridized carbons (Fsp3) is 0.190. The number of nitrogens with zero attached hydrogens (tertiary/aromatic N) is 3. The van der Waals surface area contributed by atoms with Gasteiger partial charge in [-0.1, -0.05) is 23.7 Å². The van der Waals surface area contributed by atoms with Gasteiger partial charge in [-0.2, -0.15) is 0 Å². The highest BCUT2D eigenvalue weighted by Gasteiger charge is 2.13. The Bertz CT molecular complexity index is 1170. The fourth-order valence-electron chi connectivity index (χ4n) is 3.08. The van der Waals surface area contributed by atoms with E-state index < -0.39 is 0 Å². The Morgan fingerprint density at radius 2 is 2.07 bits per heavy atom. The largest absolute Gasteiger partial charge is 0.351 e. The molecule has 2 aromatic heterocycles. The second-order valence-electron chi connectivity index (χ2n) is 6.91. The molecule has 0 aliphatic carbocycles. The highest BCUT2D eigenvalue weighted by atomic mass is 35.5. The van der Waals surface area contributed by atoms with Crippen LogP contribution >= 0.6 is 11.6 Å². The first-order chi connectivity index (χ1) is 13.5. The van der Waals surface area contributed by atoms with E-state index in [0.29, 0.717) is 28.5 Å². The second-order valence-corrected chi connectivity index (χ2v) is 7.34. The zero-order valence-corrected chi connectivity index (χ0v) is 16.4. The number of aromatic nitrogens is 3. The quantitative estimate of drug-likeness (QED) is 0.542. The third-order valence-corrected chi connectivity index (χ3v) is 4.75. The van der Waals surface area contributed by atoms with Gasteiger partial charge in [0, 0.05) is 35.3 Å². The number of halogens is 1. The number of pyridine rings is 1. The smallest absolute Gasteiger partial charge is 0.253 e. The summed E-state index contributed by atoms with van der Waals surface area (Å²) in [5.41, 5.74) is 3.81. The van der Waals surface area contributed by atoms with Gasteiger partial charge < -0.3 is 15.2 Å². The first kappa shape index (κ1) is 18.4. The number of hydrogen-bond acceptors (Lipinski definition) is 4. The molecule has 0 radical (unpaired) electrons. The Morgan fingerprint density at radius 3 is 2.89 bits per heavy atom. The van der Waals surface area contributed by atoms with E-state index in [0.717, 1.165) is 28.5 Å². The molecule has 0 spiro atoms. The van der Waals surface area contributed by atoms with Crippen LogP contribution < -0.4 is 5.32 Å². The number of nitrogens with one attached hydrogen (secondary N) is 2. The number of hydrogen-bond donors (Lipinski definition) is 2. The third kappa shape index (κ3) is 3.69. The molecule has 0 saturated carbocycles. The molecule has 2 heterocycles. The Balaban J connectivity index is 1.66. The fourth-order valence-corrected chi connectivity index (χ4v) is 3.25. The lowest BCUT2D eigenvalue weighted by atomic mass is 10.1. The number of likely N-dealkylation sites (N-methyl/N-ethyl adjacent to an activating group) is 1. The van der Waals surface area contributed by atoms with Crippen molar-refractivity contribution in [3.8, 4) is 11.4 Å². The molecule has 28 heavy (non-hydrogen) atoms. The molecular formula is C21H20ClN5O. The van der Waals surface area contributed by atoms with Crippen LogP contribution in [0.25, 0.3) is 33.3 Å². The molecule has 0 saturated heterocycles. The number of benzene rings is 2. The maximum atomic E-state index is 12.5. The van der Waals surface area contributed by atoms with Gasteiger partial charge in [0.1, 0.15) is 5.82 Å². The van der Waals surface area contributed by atoms with Crippen molar-refractivity contribution in [2.24, 2.45) is 0 Å². The minimum absolute atomic E-state index is 0.119. The van der Waals surface area contributed by atoms with Crippen molar-refractivity contribution in [2.75, 3.05) is 27.2 Å². The van der Waals surface area contributed by atoms with Gasteiger partial charge in [-0.15, -0.1) is 0 Å². The van der Waals surface area contributed by atoms with Crippen molar-refractivity contribution in [1.29, 1.82) is 0 Å². The molecule has 0 fully saturated rings. The van der Waals surface area contributed by atoms with Gasteiger partial charge >= 0.3 is 0 Å². The highest BCUT2D eigenvalue weighted by molar-refractivity contribution is 6.31. The van der Waals surface area contributed by atoms with E-state index in [-0.39, 0.29) is 5.91 Å². The van der Waals surface area contributed by atoms with Crippen molar-refractivity contribution in [3.05, 3.63) is 59.2 Å². The molecule has 0 aliphatic rings. The summed E-state index contributed by atoms with van der Waals surface area (Å²) in [5.74, 6) is 0.596. The van der Waals surface area contributed by atoms with Crippen LogP contribution in [0.4, 0.5) is 0 Å². The zero-order chi connectivity index (χ0) is 19.7. The first-order valence-corrected chi connectivity index (χ1v) is 9.36. The van der Waals surface area contributed by atoms with Gasteiger partial charge in [0.15, 0.2) is 0 Å². The highest BCUT2D eigenvalue weighted by Crippen LogP contribution is 2.26. The predicted molar refractivity (Wildman–Crippen MR) is 113 cm³/mol. The van der Waals surface area contributed by atoms with Crippen molar-refractivity contribution >= 4 is 39.4 Å². The number of fused-ring (bicyclic) bond motifs is 2. The molecule has 6 nitrogen and oxygen atoms in total. The molecule has 2 N–H and O–H groups in total. The molecule has 0 atom stereocenters. The van der Waals surface area contributed by atoms with E-state index in [9.17, 15) is 4.79 Å². The number of rotatable bonds is 5. The van der Waals surface area contributed by atoms with E-state index in [1.54, 1.807) is 12.3 Å². The van der Waals surface area contributed by atoms with Gasteiger partial charge in [0.05, 0.1) is 22.1 Å². The minimum atomic E-state index is -0.119. The van der Waals surface area contributed by atoms with Gasteiger partial charge in [-0.25, -0.2) is 4.98 Å². The van der Waals surface area contributed by atoms with Gasteiger partial charge in [0.25, 0.3) is 5.91 Å². The van der Waals surface area contributed by atoms with Crippen LogP contribution in [0.2, 0.25) is 5.02 Å². The Hall–Kier alpha value is -2.96. The average molecular weight is 394 g/mol. The van der Waals surface area contributed by atoms with Crippen LogP contribution in [0.15, 0.2) is 48.7 Å². The van der Waals surface area contributed by atoms with Crippen molar-refractivity contribution in [3.63, 3.8) is 0 Å². The van der Waals surface area contributed by atoms with Crippen LogP contribution in [0.1, 0.15) is 10.4 Å². The number of carbonyl (C=O) groups is 1. The summed E-state index contributed by atoms with van der Waals surface area (Å²) in [4.78, 5) is 27.0. The van der Waals surface area contributed by atoms with E-state index >= 15 is 0 Å². The van der Waals surface area contributed by atoms with E-state index in [1.165, 1.54) is 0 Å². The summed E-state index contributed by atoms with van der Waals surface area (Å²) in [7, 11) is 3.94. The van der Waals surface area contributed by atoms with Crippen LogP contribution in [-0.4, -0.2) is 52.9 Å². The maximum Gasteiger partial charge on any atom is 0.253 e. The third-order valence-electron chi connectivity index (χ3n) is 4.52. The van der Waals surface area contributed by atoms with E-state index in [4.69, 9.17) is 11.6 Å². The molecule has 0 bridgehead atoms. The minimum Gasteiger partial charge on any atom is -0.351 e. The number of carbonyl (C=O) groups excluding carboxylic acids is 1. The van der Waals surface area contributed by atoms with Crippen LogP contribution in [-0.2, 0) is 0 Å². The number of imidazole rings is 1. The Labute approximate surface area is 167 Å². The van der Waals surface area contributed by atoms with Crippen molar-refractivity contribution in [1.82, 2.24) is 25.2 Å². The normalized spacial score (nSPS) is 11.4. The van der Waals surface area contributed by atoms with Gasteiger partial charge in [0.2, 0.25) is 0 Å². The van der Waals surface area contributed by atoms with Crippen molar-refractivity contribution in [2.45, 2.75) is 0 Å². The van der Waals surface area contributed by atoms with Gasteiger partial charge in [-0.3, -0.25) is 9.78 Å². The first-order valence-electron chi connectivity index (χ1n) is 8.98. The number of aromatic amines is 1. The van der Waals surface area contributed by atoms with Crippen LogP contribution in [0.5, 0.6) is 0 Å². The average Bonchev–Trinajstić information content (AvgIpc) is 3.09. The molecule has 0 unspecified atom stereocenters. The molecular weight excluding hydrogens is 374 g/mol. The summed E-state index contributed by atoms with van der Waals surface area (Å²) >= 11 is 6.05. The molecule has 4 aromatic rings. The van der Waals surface area contributed by atoms with E-state index in [2.05, 4.69) is 20.3 Å². The standard InChI is InChI=1S/C21H20ClN5O/c1-27(2)9-8-23-21(28)16-5-3-4-13-10-14(12-24-19(13)16)20-25-17-7-6-15(22)11-18(17)26-20/h3-7,10-12H,8-9H2,1-2H3,(H,23,28)(H,25,26). The monoisotopic (exact) mass is 393 g/mol. The summed E-state index contributed by atoms with van der Waals surface area (Å²) in [6.45, 7) is 1.37. The molecule has 0 aliphatic heterocycles. The lowest BCUT2D eigenvalue weighted by Gasteiger charge is -2.11. The van der Waals surface area contributed by atoms with Gasteiger partial charge in [-0.05, 0) is 44.4 Å². The Morgan fingerprint density at radius 1 is 1.21 bits per heavy atom. The van der Waals surface area contributed by atoms with Crippen LogP contribution in [0, 0.1) is 0 Å². The number of para-hydroxylation sites is 1. The molecule has 142 valence electrons. The zero-order valence-electron chi connectivity index (χ0n) is 15.7. The molecule has 1 amide bonds. The summed E-state index contributed by atoms with van der Waals surface area (Å²) in [6.07, 6.45) is 1.73. The summed E-state index contributed by atoms with van der Waals surface area (Å²) in [5, 5.41) is 4.48. The number of H-pyrrole nitrogens is 1.